The lowest BCUT2D eigenvalue weighted by molar-refractivity contribution is 0.602. The van der Waals surface area contributed by atoms with Crippen LogP contribution in [0, 0.1) is 0 Å². The average Bonchev–Trinajstić information content (AvgIpc) is 2.25. The van der Waals surface area contributed by atoms with Gasteiger partial charge in [0, 0.05) is 35.1 Å². The van der Waals surface area contributed by atoms with E-state index >= 15 is 0 Å². The lowest BCUT2D eigenvalue weighted by Gasteiger charge is -2.13. The number of hydrogen-bond donors (Lipinski definition) is 2. The van der Waals surface area contributed by atoms with Crippen molar-refractivity contribution in [2.45, 2.75) is 17.1 Å². The van der Waals surface area contributed by atoms with Crippen LogP contribution in [-0.4, -0.2) is 36.9 Å². The zero-order chi connectivity index (χ0) is 13.9. The molecule has 102 valence electrons. The van der Waals surface area contributed by atoms with Gasteiger partial charge in [0.1, 0.15) is 0 Å². The largest absolute Gasteiger partial charge is 0.397 e. The lowest BCUT2D eigenvalue weighted by Crippen LogP contribution is -2.21. The van der Waals surface area contributed by atoms with Crippen LogP contribution in [0.5, 0.6) is 0 Å². The predicted molar refractivity (Wildman–Crippen MR) is 76.0 cm³/mol. The number of benzene rings is 1. The summed E-state index contributed by atoms with van der Waals surface area (Å²) in [6.45, 7) is 2.38. The highest BCUT2D eigenvalue weighted by Gasteiger charge is 2.11. The molecule has 0 radical (unpaired) electrons. The van der Waals surface area contributed by atoms with E-state index in [-0.39, 0.29) is 10.1 Å². The van der Waals surface area contributed by atoms with E-state index in [1.165, 1.54) is 12.1 Å². The smallest absolute Gasteiger partial charge is 0.175 e. The SMILES string of the molecule is CC(CNc1ccc(S(C)(=O)=O)cc1N)S(C)=O. The van der Waals surface area contributed by atoms with E-state index < -0.39 is 20.6 Å². The van der Waals surface area contributed by atoms with Gasteiger partial charge < -0.3 is 11.1 Å². The normalized spacial score (nSPS) is 15.1. The molecule has 1 aromatic carbocycles. The van der Waals surface area contributed by atoms with Gasteiger partial charge in [0.05, 0.1) is 16.3 Å². The van der Waals surface area contributed by atoms with Gasteiger partial charge in [-0.15, -0.1) is 0 Å². The molecule has 0 bridgehead atoms. The van der Waals surface area contributed by atoms with Gasteiger partial charge in [-0.1, -0.05) is 0 Å². The van der Waals surface area contributed by atoms with Crippen LogP contribution in [0.2, 0.25) is 0 Å². The first-order valence-electron chi connectivity index (χ1n) is 5.37. The van der Waals surface area contributed by atoms with E-state index in [0.717, 1.165) is 6.26 Å². The second kappa shape index (κ2) is 5.71. The zero-order valence-electron chi connectivity index (χ0n) is 10.6. The average molecular weight is 290 g/mol. The summed E-state index contributed by atoms with van der Waals surface area (Å²) in [4.78, 5) is 0.192. The van der Waals surface area contributed by atoms with Crippen molar-refractivity contribution in [3.05, 3.63) is 18.2 Å². The fourth-order valence-corrected chi connectivity index (χ4v) is 2.28. The fraction of sp³-hybridized carbons (Fsp3) is 0.455. The highest BCUT2D eigenvalue weighted by Crippen LogP contribution is 2.22. The molecule has 0 saturated heterocycles. The Morgan fingerprint density at radius 2 is 2.06 bits per heavy atom. The summed E-state index contributed by atoms with van der Waals surface area (Å²) in [5.41, 5.74) is 6.80. The minimum absolute atomic E-state index is 0.000940. The monoisotopic (exact) mass is 290 g/mol. The summed E-state index contributed by atoms with van der Waals surface area (Å²) in [6.07, 6.45) is 2.78. The van der Waals surface area contributed by atoms with Gasteiger partial charge >= 0.3 is 0 Å². The molecule has 0 aliphatic rings. The highest BCUT2D eigenvalue weighted by atomic mass is 32.2. The van der Waals surface area contributed by atoms with E-state index in [0.29, 0.717) is 17.9 Å². The maximum atomic E-state index is 11.3. The molecule has 0 aromatic heterocycles. The Hall–Kier alpha value is -1.08. The Morgan fingerprint density at radius 1 is 1.44 bits per heavy atom. The van der Waals surface area contributed by atoms with Gasteiger partial charge in [-0.2, -0.15) is 0 Å². The van der Waals surface area contributed by atoms with Gasteiger partial charge in [-0.3, -0.25) is 4.21 Å². The van der Waals surface area contributed by atoms with E-state index in [4.69, 9.17) is 5.73 Å². The highest BCUT2D eigenvalue weighted by molar-refractivity contribution is 7.90. The molecular formula is C11H18N2O3S2. The molecule has 5 nitrogen and oxygen atoms in total. The lowest BCUT2D eigenvalue weighted by atomic mass is 10.2. The molecule has 0 aliphatic heterocycles. The van der Waals surface area contributed by atoms with Crippen molar-refractivity contribution in [1.82, 2.24) is 0 Å². The zero-order valence-corrected chi connectivity index (χ0v) is 12.3. The standard InChI is InChI=1S/C11H18N2O3S2/c1-8(17(2)14)7-13-11-5-4-9(6-10(11)12)18(3,15)16/h4-6,8,13H,7,12H2,1-3H3. The fourth-order valence-electron chi connectivity index (χ4n) is 1.30. The van der Waals surface area contributed by atoms with E-state index in [1.54, 1.807) is 12.3 Å². The second-order valence-corrected chi connectivity index (χ2v) is 8.03. The maximum absolute atomic E-state index is 11.3. The topological polar surface area (TPSA) is 89.3 Å². The number of nitrogens with one attached hydrogen (secondary N) is 1. The predicted octanol–water partition coefficient (Wildman–Crippen LogP) is 0.851. The molecule has 2 unspecified atom stereocenters. The van der Waals surface area contributed by atoms with E-state index in [1.807, 2.05) is 6.92 Å². The number of hydrogen-bond acceptors (Lipinski definition) is 5. The molecule has 0 amide bonds. The van der Waals surface area contributed by atoms with Crippen LogP contribution in [0.15, 0.2) is 23.1 Å². The van der Waals surface area contributed by atoms with Crippen molar-refractivity contribution >= 4 is 32.0 Å². The Bertz CT molecular complexity index is 555. The maximum Gasteiger partial charge on any atom is 0.175 e. The van der Waals surface area contributed by atoms with Gasteiger partial charge in [-0.25, -0.2) is 8.42 Å². The van der Waals surface area contributed by atoms with Crippen LogP contribution < -0.4 is 11.1 Å². The first-order valence-corrected chi connectivity index (χ1v) is 8.88. The minimum Gasteiger partial charge on any atom is -0.397 e. The Labute approximate surface area is 110 Å². The number of nitrogen functional groups attached to an aromatic ring is 1. The van der Waals surface area contributed by atoms with Crippen molar-refractivity contribution < 1.29 is 12.6 Å². The van der Waals surface area contributed by atoms with Crippen molar-refractivity contribution in [2.24, 2.45) is 0 Å². The molecule has 2 atom stereocenters. The molecule has 1 rings (SSSR count). The first kappa shape index (κ1) is 15.0. The molecule has 0 spiro atoms. The molecule has 0 heterocycles. The van der Waals surface area contributed by atoms with Crippen LogP contribution in [0.3, 0.4) is 0 Å². The van der Waals surface area contributed by atoms with Gasteiger partial charge in [-0.05, 0) is 25.1 Å². The van der Waals surface area contributed by atoms with Gasteiger partial charge in [0.2, 0.25) is 0 Å². The number of anilines is 2. The molecule has 3 N–H and O–H groups in total. The number of nitrogens with two attached hydrogens (primary N) is 1. The quantitative estimate of drug-likeness (QED) is 0.785. The summed E-state index contributed by atoms with van der Waals surface area (Å²) in [6, 6.07) is 4.55. The van der Waals surface area contributed by atoms with Crippen LogP contribution in [0.25, 0.3) is 0 Å². The van der Waals surface area contributed by atoms with Gasteiger partial charge in [0.25, 0.3) is 0 Å². The third kappa shape index (κ3) is 3.99. The molecule has 0 saturated carbocycles. The summed E-state index contributed by atoms with van der Waals surface area (Å²) in [7, 11) is -4.15. The van der Waals surface area contributed by atoms with Crippen molar-refractivity contribution in [3.63, 3.8) is 0 Å². The molecular weight excluding hydrogens is 272 g/mol. The van der Waals surface area contributed by atoms with Gasteiger partial charge in [0.15, 0.2) is 9.84 Å². The summed E-state index contributed by atoms with van der Waals surface area (Å²) in [5, 5.41) is 3.06. The third-order valence-corrected chi connectivity index (χ3v) is 5.01. The number of rotatable bonds is 5. The molecule has 7 heteroatoms. The molecule has 1 aromatic rings. The van der Waals surface area contributed by atoms with Crippen molar-refractivity contribution in [3.8, 4) is 0 Å². The van der Waals surface area contributed by atoms with E-state index in [2.05, 4.69) is 5.32 Å². The number of sulfone groups is 1. The summed E-state index contributed by atoms with van der Waals surface area (Å²) < 4.78 is 33.9. The van der Waals surface area contributed by atoms with Crippen LogP contribution in [0.4, 0.5) is 11.4 Å². The third-order valence-electron chi connectivity index (χ3n) is 2.60. The first-order chi connectivity index (χ1) is 8.21. The molecule has 0 aliphatic carbocycles. The van der Waals surface area contributed by atoms with E-state index in [9.17, 15) is 12.6 Å². The summed E-state index contributed by atoms with van der Waals surface area (Å²) in [5.74, 6) is 0. The summed E-state index contributed by atoms with van der Waals surface area (Å²) >= 11 is 0. The van der Waals surface area contributed by atoms with Crippen LogP contribution in [0.1, 0.15) is 6.92 Å². The Morgan fingerprint density at radius 3 is 2.50 bits per heavy atom. The van der Waals surface area contributed by atoms with Crippen molar-refractivity contribution in [2.75, 3.05) is 30.1 Å². The minimum atomic E-state index is -3.24. The molecule has 18 heavy (non-hydrogen) atoms. The van der Waals surface area contributed by atoms with Crippen LogP contribution >= 0.6 is 0 Å². The molecule has 0 fully saturated rings. The Kier molecular flexibility index (Phi) is 4.75. The van der Waals surface area contributed by atoms with Crippen molar-refractivity contribution in [1.29, 1.82) is 0 Å². The van der Waals surface area contributed by atoms with Crippen LogP contribution in [-0.2, 0) is 20.6 Å². The Balaban J connectivity index is 2.84. The second-order valence-electron chi connectivity index (χ2n) is 4.21.